The molecule has 20 heavy (non-hydrogen) atoms. The normalized spacial score (nSPS) is 10.7. The standard InChI is InChI=1S/C16H19ClN2O/c1-10(2)20-15-9-12(7-8-14(15)18)19-16-11(3)5-4-6-13(16)17/h4-10,19H,18H2,1-3H3. The fourth-order valence-corrected chi connectivity index (χ4v) is 2.17. The van der Waals surface area contributed by atoms with Crippen molar-refractivity contribution in [2.45, 2.75) is 26.9 Å². The lowest BCUT2D eigenvalue weighted by molar-refractivity contribution is 0.244. The molecule has 0 aliphatic carbocycles. The monoisotopic (exact) mass is 290 g/mol. The Morgan fingerprint density at radius 2 is 1.95 bits per heavy atom. The van der Waals surface area contributed by atoms with Crippen molar-refractivity contribution in [2.24, 2.45) is 0 Å². The fourth-order valence-electron chi connectivity index (χ4n) is 1.90. The van der Waals surface area contributed by atoms with Crippen LogP contribution in [-0.2, 0) is 0 Å². The number of halogens is 1. The van der Waals surface area contributed by atoms with E-state index in [0.29, 0.717) is 16.5 Å². The number of rotatable bonds is 4. The van der Waals surface area contributed by atoms with E-state index >= 15 is 0 Å². The molecule has 0 amide bonds. The molecule has 2 aromatic carbocycles. The molecule has 0 fully saturated rings. The summed E-state index contributed by atoms with van der Waals surface area (Å²) in [5.41, 5.74) is 9.41. The molecule has 0 saturated carbocycles. The van der Waals surface area contributed by atoms with Gasteiger partial charge >= 0.3 is 0 Å². The average Bonchev–Trinajstić information content (AvgIpc) is 2.37. The molecule has 0 aliphatic rings. The second kappa shape index (κ2) is 6.06. The highest BCUT2D eigenvalue weighted by Gasteiger charge is 2.07. The number of nitrogen functional groups attached to an aromatic ring is 1. The Bertz CT molecular complexity index is 591. The summed E-state index contributed by atoms with van der Waals surface area (Å²) in [5, 5.41) is 4.00. The van der Waals surface area contributed by atoms with Crippen molar-refractivity contribution in [1.29, 1.82) is 0 Å². The Hall–Kier alpha value is -1.87. The van der Waals surface area contributed by atoms with Crippen LogP contribution < -0.4 is 15.8 Å². The topological polar surface area (TPSA) is 47.3 Å². The van der Waals surface area contributed by atoms with Crippen LogP contribution in [0.25, 0.3) is 0 Å². The molecule has 2 rings (SSSR count). The van der Waals surface area contributed by atoms with E-state index in [1.165, 1.54) is 0 Å². The molecule has 2 aromatic rings. The van der Waals surface area contributed by atoms with Crippen molar-refractivity contribution in [3.05, 3.63) is 47.0 Å². The molecule has 0 aromatic heterocycles. The van der Waals surface area contributed by atoms with Crippen LogP contribution in [0.3, 0.4) is 0 Å². The van der Waals surface area contributed by atoms with Gasteiger partial charge in [-0.3, -0.25) is 0 Å². The van der Waals surface area contributed by atoms with Gasteiger partial charge in [-0.1, -0.05) is 23.7 Å². The number of nitrogens with two attached hydrogens (primary N) is 1. The fraction of sp³-hybridized carbons (Fsp3) is 0.250. The Morgan fingerprint density at radius 1 is 1.20 bits per heavy atom. The number of hydrogen-bond donors (Lipinski definition) is 2. The van der Waals surface area contributed by atoms with Crippen molar-refractivity contribution < 1.29 is 4.74 Å². The molecule has 0 bridgehead atoms. The minimum atomic E-state index is 0.0783. The minimum Gasteiger partial charge on any atom is -0.489 e. The van der Waals surface area contributed by atoms with Crippen LogP contribution in [0.5, 0.6) is 5.75 Å². The molecular weight excluding hydrogens is 272 g/mol. The van der Waals surface area contributed by atoms with Gasteiger partial charge in [0.05, 0.1) is 22.5 Å². The summed E-state index contributed by atoms with van der Waals surface area (Å²) in [7, 11) is 0. The van der Waals surface area contributed by atoms with Crippen LogP contribution in [0.4, 0.5) is 17.1 Å². The van der Waals surface area contributed by atoms with E-state index in [2.05, 4.69) is 5.32 Å². The SMILES string of the molecule is Cc1cccc(Cl)c1Nc1ccc(N)c(OC(C)C)c1. The number of hydrogen-bond acceptors (Lipinski definition) is 3. The van der Waals surface area contributed by atoms with E-state index in [0.717, 1.165) is 16.9 Å². The summed E-state index contributed by atoms with van der Waals surface area (Å²) in [5.74, 6) is 0.676. The van der Waals surface area contributed by atoms with E-state index in [4.69, 9.17) is 22.1 Å². The smallest absolute Gasteiger partial charge is 0.144 e. The van der Waals surface area contributed by atoms with E-state index in [1.807, 2.05) is 57.2 Å². The molecule has 0 radical (unpaired) electrons. The van der Waals surface area contributed by atoms with Crippen molar-refractivity contribution in [2.75, 3.05) is 11.1 Å². The van der Waals surface area contributed by atoms with Gasteiger partial charge in [-0.15, -0.1) is 0 Å². The number of anilines is 3. The zero-order valence-electron chi connectivity index (χ0n) is 11.9. The Morgan fingerprint density at radius 3 is 2.60 bits per heavy atom. The summed E-state index contributed by atoms with van der Waals surface area (Å²) in [6.45, 7) is 5.95. The van der Waals surface area contributed by atoms with Crippen LogP contribution in [0.2, 0.25) is 5.02 Å². The van der Waals surface area contributed by atoms with E-state index < -0.39 is 0 Å². The van der Waals surface area contributed by atoms with Gasteiger partial charge in [0.2, 0.25) is 0 Å². The third kappa shape index (κ3) is 3.36. The maximum atomic E-state index is 6.22. The summed E-state index contributed by atoms with van der Waals surface area (Å²) >= 11 is 6.22. The van der Waals surface area contributed by atoms with Crippen molar-refractivity contribution in [3.63, 3.8) is 0 Å². The minimum absolute atomic E-state index is 0.0783. The van der Waals surface area contributed by atoms with Gasteiger partial charge in [0, 0.05) is 11.8 Å². The first-order valence-electron chi connectivity index (χ1n) is 6.55. The van der Waals surface area contributed by atoms with Crippen molar-refractivity contribution in [1.82, 2.24) is 0 Å². The van der Waals surface area contributed by atoms with Gasteiger partial charge in [0.15, 0.2) is 0 Å². The predicted molar refractivity (Wildman–Crippen MR) is 86.1 cm³/mol. The largest absolute Gasteiger partial charge is 0.489 e. The van der Waals surface area contributed by atoms with Crippen LogP contribution in [0.15, 0.2) is 36.4 Å². The highest BCUT2D eigenvalue weighted by Crippen LogP contribution is 2.32. The molecule has 3 nitrogen and oxygen atoms in total. The molecule has 106 valence electrons. The molecular formula is C16H19ClN2O. The molecule has 0 saturated heterocycles. The number of aryl methyl sites for hydroxylation is 1. The van der Waals surface area contributed by atoms with Gasteiger partial charge in [0.1, 0.15) is 5.75 Å². The molecule has 0 aliphatic heterocycles. The number of ether oxygens (including phenoxy) is 1. The van der Waals surface area contributed by atoms with E-state index in [1.54, 1.807) is 0 Å². The summed E-state index contributed by atoms with van der Waals surface area (Å²) < 4.78 is 5.69. The molecule has 4 heteroatoms. The first-order valence-corrected chi connectivity index (χ1v) is 6.93. The summed E-state index contributed by atoms with van der Waals surface area (Å²) in [6, 6.07) is 11.4. The highest BCUT2D eigenvalue weighted by atomic mass is 35.5. The quantitative estimate of drug-likeness (QED) is 0.798. The molecule has 0 atom stereocenters. The molecule has 0 spiro atoms. The maximum Gasteiger partial charge on any atom is 0.144 e. The Balaban J connectivity index is 2.30. The summed E-state index contributed by atoms with van der Waals surface area (Å²) in [6.07, 6.45) is 0.0783. The van der Waals surface area contributed by atoms with Gasteiger partial charge in [-0.25, -0.2) is 0 Å². The van der Waals surface area contributed by atoms with E-state index in [-0.39, 0.29) is 6.10 Å². The van der Waals surface area contributed by atoms with Crippen LogP contribution in [0, 0.1) is 6.92 Å². The molecule has 0 heterocycles. The first kappa shape index (κ1) is 14.5. The molecule has 3 N–H and O–H groups in total. The van der Waals surface area contributed by atoms with Crippen LogP contribution in [-0.4, -0.2) is 6.10 Å². The number of nitrogens with one attached hydrogen (secondary N) is 1. The van der Waals surface area contributed by atoms with Gasteiger partial charge in [0.25, 0.3) is 0 Å². The molecule has 0 unspecified atom stereocenters. The average molecular weight is 291 g/mol. The highest BCUT2D eigenvalue weighted by molar-refractivity contribution is 6.33. The third-order valence-corrected chi connectivity index (χ3v) is 3.18. The second-order valence-corrected chi connectivity index (χ2v) is 5.38. The predicted octanol–water partition coefficient (Wildman–Crippen LogP) is 4.76. The lowest BCUT2D eigenvalue weighted by atomic mass is 10.2. The number of benzene rings is 2. The van der Waals surface area contributed by atoms with Crippen molar-refractivity contribution in [3.8, 4) is 5.75 Å². The Kier molecular flexibility index (Phi) is 4.40. The number of para-hydroxylation sites is 1. The maximum absolute atomic E-state index is 6.22. The second-order valence-electron chi connectivity index (χ2n) is 4.98. The zero-order valence-corrected chi connectivity index (χ0v) is 12.7. The van der Waals surface area contributed by atoms with Crippen LogP contribution >= 0.6 is 11.6 Å². The van der Waals surface area contributed by atoms with Gasteiger partial charge in [-0.2, -0.15) is 0 Å². The first-order chi connectivity index (χ1) is 9.47. The lowest BCUT2D eigenvalue weighted by Crippen LogP contribution is -2.07. The van der Waals surface area contributed by atoms with Crippen LogP contribution in [0.1, 0.15) is 19.4 Å². The van der Waals surface area contributed by atoms with Gasteiger partial charge < -0.3 is 15.8 Å². The third-order valence-electron chi connectivity index (χ3n) is 2.87. The van der Waals surface area contributed by atoms with Crippen molar-refractivity contribution >= 4 is 28.7 Å². The van der Waals surface area contributed by atoms with E-state index in [9.17, 15) is 0 Å². The lowest BCUT2D eigenvalue weighted by Gasteiger charge is -2.15. The van der Waals surface area contributed by atoms with Gasteiger partial charge in [-0.05, 0) is 44.5 Å². The summed E-state index contributed by atoms with van der Waals surface area (Å²) in [4.78, 5) is 0. The Labute approximate surface area is 124 Å². The zero-order chi connectivity index (χ0) is 14.7.